The molecule has 0 saturated heterocycles. The minimum atomic E-state index is 1.24. The van der Waals surface area contributed by atoms with Gasteiger partial charge < -0.3 is 0 Å². The van der Waals surface area contributed by atoms with E-state index < -0.39 is 0 Å². The van der Waals surface area contributed by atoms with Gasteiger partial charge in [0, 0.05) is 4.90 Å². The van der Waals surface area contributed by atoms with E-state index in [1.54, 1.807) is 0 Å². The number of thioether (sulfide) groups is 1. The average Bonchev–Trinajstić information content (AvgIpc) is 2.35. The first-order valence-corrected chi connectivity index (χ1v) is 6.76. The van der Waals surface area contributed by atoms with Crippen molar-refractivity contribution in [3.8, 4) is 11.1 Å². The lowest BCUT2D eigenvalue weighted by atomic mass is 10.1. The molecule has 1 aliphatic rings. The molecule has 0 saturated carbocycles. The summed E-state index contributed by atoms with van der Waals surface area (Å²) in [5.41, 5.74) is 2.64. The van der Waals surface area contributed by atoms with E-state index in [4.69, 9.17) is 0 Å². The van der Waals surface area contributed by atoms with Gasteiger partial charge in [0.15, 0.2) is 0 Å². The molecule has 0 unspecified atom stereocenters. The van der Waals surface area contributed by atoms with Crippen LogP contribution in [0.5, 0.6) is 0 Å². The highest BCUT2D eigenvalue weighted by Crippen LogP contribution is 2.40. The molecule has 84 valence electrons. The van der Waals surface area contributed by atoms with E-state index in [1.165, 1.54) is 33.8 Å². The summed E-state index contributed by atoms with van der Waals surface area (Å²) in [6.45, 7) is 0. The number of benzene rings is 2. The van der Waals surface area contributed by atoms with Crippen LogP contribution in [0.25, 0.3) is 11.1 Å². The number of hydrogen-bond donors (Lipinski definition) is 0. The summed E-state index contributed by atoms with van der Waals surface area (Å²) in [5, 5.41) is 0. The molecule has 17 heavy (non-hydrogen) atoms. The fraction of sp³-hybridized carbons (Fsp3) is 0.125. The van der Waals surface area contributed by atoms with E-state index in [9.17, 15) is 0 Å². The fourth-order valence-electron chi connectivity index (χ4n) is 1.91. The van der Waals surface area contributed by atoms with Gasteiger partial charge in [0.1, 0.15) is 0 Å². The lowest BCUT2D eigenvalue weighted by molar-refractivity contribution is 0.941. The highest BCUT2D eigenvalue weighted by atomic mass is 32.2. The minimum Gasteiger partial charge on any atom is -0.0942 e. The van der Waals surface area contributed by atoms with Crippen molar-refractivity contribution in [3.63, 3.8) is 0 Å². The van der Waals surface area contributed by atoms with Gasteiger partial charge in [-0.15, -0.1) is 0 Å². The van der Waals surface area contributed by atoms with E-state index in [1.807, 2.05) is 11.8 Å². The largest absolute Gasteiger partial charge is 0.0942 e. The first-order valence-electron chi connectivity index (χ1n) is 5.95. The third-order valence-electron chi connectivity index (χ3n) is 2.98. The highest BCUT2D eigenvalue weighted by Gasteiger charge is 2.10. The van der Waals surface area contributed by atoms with Crippen molar-refractivity contribution < 1.29 is 0 Å². The lowest BCUT2D eigenvalue weighted by Crippen LogP contribution is -1.90. The Morgan fingerprint density at radius 1 is 0.824 bits per heavy atom. The summed E-state index contributed by atoms with van der Waals surface area (Å²) < 4.78 is 0. The first kappa shape index (κ1) is 10.7. The molecule has 0 bridgehead atoms. The highest BCUT2D eigenvalue weighted by molar-refractivity contribution is 8.03. The van der Waals surface area contributed by atoms with Crippen LogP contribution in [0.15, 0.2) is 70.5 Å². The second-order valence-electron chi connectivity index (χ2n) is 4.17. The lowest BCUT2D eigenvalue weighted by Gasteiger charge is -2.16. The zero-order chi connectivity index (χ0) is 11.5. The van der Waals surface area contributed by atoms with Gasteiger partial charge >= 0.3 is 0 Å². The molecule has 0 aromatic heterocycles. The minimum absolute atomic E-state index is 1.24. The molecular weight excluding hydrogens is 224 g/mol. The predicted molar refractivity (Wildman–Crippen MR) is 75.1 cm³/mol. The van der Waals surface area contributed by atoms with Crippen LogP contribution in [0.3, 0.4) is 0 Å². The molecule has 2 aromatic carbocycles. The molecule has 0 N–H and O–H groups in total. The maximum absolute atomic E-state index is 2.33. The Hall–Kier alpha value is -1.47. The van der Waals surface area contributed by atoms with Gasteiger partial charge in [-0.05, 0) is 34.9 Å². The van der Waals surface area contributed by atoms with E-state index >= 15 is 0 Å². The molecule has 0 nitrogen and oxygen atoms in total. The molecule has 0 atom stereocenters. The molecule has 1 heteroatoms. The fourth-order valence-corrected chi connectivity index (χ4v) is 3.05. The Kier molecular flexibility index (Phi) is 3.02. The summed E-state index contributed by atoms with van der Waals surface area (Å²) in [5.74, 6) is 0. The van der Waals surface area contributed by atoms with E-state index in [2.05, 4.69) is 60.7 Å². The number of hydrogen-bond acceptors (Lipinski definition) is 1. The molecule has 3 rings (SSSR count). The topological polar surface area (TPSA) is 0 Å². The number of allylic oxidation sites excluding steroid dienone is 2. The van der Waals surface area contributed by atoms with Gasteiger partial charge in [-0.3, -0.25) is 0 Å². The van der Waals surface area contributed by atoms with Crippen LogP contribution < -0.4 is 0 Å². The Morgan fingerprint density at radius 2 is 1.53 bits per heavy atom. The smallest absolute Gasteiger partial charge is 0.0197 e. The maximum atomic E-state index is 2.33. The van der Waals surface area contributed by atoms with Gasteiger partial charge in [0.25, 0.3) is 0 Å². The van der Waals surface area contributed by atoms with Crippen LogP contribution in [-0.4, -0.2) is 0 Å². The van der Waals surface area contributed by atoms with Gasteiger partial charge in [-0.1, -0.05) is 66.4 Å². The Bertz CT molecular complexity index is 540. The predicted octanol–water partition coefficient (Wildman–Crippen LogP) is 5.12. The van der Waals surface area contributed by atoms with Crippen molar-refractivity contribution in [1.82, 2.24) is 0 Å². The second kappa shape index (κ2) is 4.80. The molecule has 0 heterocycles. The molecule has 1 aliphatic carbocycles. The monoisotopic (exact) mass is 238 g/mol. The van der Waals surface area contributed by atoms with Crippen molar-refractivity contribution in [2.24, 2.45) is 0 Å². The van der Waals surface area contributed by atoms with E-state index in [0.29, 0.717) is 0 Å². The molecular formula is C16H14S. The Labute approximate surface area is 106 Å². The van der Waals surface area contributed by atoms with Crippen molar-refractivity contribution in [2.45, 2.75) is 17.7 Å². The van der Waals surface area contributed by atoms with E-state index in [-0.39, 0.29) is 0 Å². The molecule has 0 aliphatic heterocycles. The second-order valence-corrected chi connectivity index (χ2v) is 5.34. The summed E-state index contributed by atoms with van der Waals surface area (Å²) in [4.78, 5) is 2.87. The summed E-state index contributed by atoms with van der Waals surface area (Å²) in [6, 6.07) is 19.3. The average molecular weight is 238 g/mol. The Morgan fingerprint density at radius 3 is 2.24 bits per heavy atom. The quantitative estimate of drug-likeness (QED) is 0.715. The summed E-state index contributed by atoms with van der Waals surface area (Å²) in [7, 11) is 0. The van der Waals surface area contributed by atoms with Crippen molar-refractivity contribution >= 4 is 11.8 Å². The van der Waals surface area contributed by atoms with Crippen LogP contribution in [0, 0.1) is 0 Å². The SMILES string of the molecule is C1=C(Sc2ccccc2-c2ccccc2)CC1. The summed E-state index contributed by atoms with van der Waals surface area (Å²) >= 11 is 1.91. The zero-order valence-electron chi connectivity index (χ0n) is 9.60. The van der Waals surface area contributed by atoms with Crippen LogP contribution >= 0.6 is 11.8 Å². The van der Waals surface area contributed by atoms with Gasteiger partial charge in [0.05, 0.1) is 0 Å². The third-order valence-corrected chi connectivity index (χ3v) is 4.18. The molecule has 0 fully saturated rings. The van der Waals surface area contributed by atoms with Crippen molar-refractivity contribution in [3.05, 3.63) is 65.6 Å². The van der Waals surface area contributed by atoms with Crippen LogP contribution in [0.4, 0.5) is 0 Å². The first-order chi connectivity index (χ1) is 8.43. The van der Waals surface area contributed by atoms with E-state index in [0.717, 1.165) is 0 Å². The molecule has 0 amide bonds. The van der Waals surface area contributed by atoms with Crippen molar-refractivity contribution in [1.29, 1.82) is 0 Å². The maximum Gasteiger partial charge on any atom is 0.0197 e. The number of rotatable bonds is 3. The standard InChI is InChI=1S/C16H14S/c1-2-7-13(8-3-1)15-11-4-5-12-16(15)17-14-9-6-10-14/h1-5,7-9,11-12H,6,10H2. The molecule has 2 aromatic rings. The Balaban J connectivity index is 1.98. The van der Waals surface area contributed by atoms with Gasteiger partial charge in [0.2, 0.25) is 0 Å². The molecule has 0 spiro atoms. The van der Waals surface area contributed by atoms with Crippen LogP contribution in [-0.2, 0) is 0 Å². The third kappa shape index (κ3) is 2.29. The zero-order valence-corrected chi connectivity index (χ0v) is 10.4. The normalized spacial score (nSPS) is 14.0. The van der Waals surface area contributed by atoms with Crippen LogP contribution in [0.1, 0.15) is 12.8 Å². The van der Waals surface area contributed by atoms with Crippen LogP contribution in [0.2, 0.25) is 0 Å². The summed E-state index contributed by atoms with van der Waals surface area (Å²) in [6.07, 6.45) is 4.82. The van der Waals surface area contributed by atoms with Crippen molar-refractivity contribution in [2.75, 3.05) is 0 Å². The van der Waals surface area contributed by atoms with Gasteiger partial charge in [-0.2, -0.15) is 0 Å². The molecule has 0 radical (unpaired) electrons. The van der Waals surface area contributed by atoms with Gasteiger partial charge in [-0.25, -0.2) is 0 Å².